The van der Waals surface area contributed by atoms with Crippen molar-refractivity contribution in [2.45, 2.75) is 64.1 Å². The van der Waals surface area contributed by atoms with Gasteiger partial charge in [0.1, 0.15) is 5.66 Å². The third kappa shape index (κ3) is 3.71. The summed E-state index contributed by atoms with van der Waals surface area (Å²) in [6, 6.07) is 7.48. The summed E-state index contributed by atoms with van der Waals surface area (Å²) in [5, 5.41) is 3.15. The molecule has 7 heteroatoms. The smallest absolute Gasteiger partial charge is 0.257 e. The van der Waals surface area contributed by atoms with Crippen molar-refractivity contribution in [1.82, 2.24) is 15.1 Å². The third-order valence-electron chi connectivity index (χ3n) is 6.80. The van der Waals surface area contributed by atoms with Gasteiger partial charge in [-0.15, -0.1) is 0 Å². The Morgan fingerprint density at radius 1 is 1.17 bits per heavy atom. The van der Waals surface area contributed by atoms with E-state index in [2.05, 4.69) is 17.1 Å². The molecule has 1 aromatic carbocycles. The predicted molar refractivity (Wildman–Crippen MR) is 115 cm³/mol. The highest BCUT2D eigenvalue weighted by molar-refractivity contribution is 6.10. The molecule has 1 atom stereocenters. The van der Waals surface area contributed by atoms with Gasteiger partial charge in [0.05, 0.1) is 11.3 Å². The highest BCUT2D eigenvalue weighted by Crippen LogP contribution is 2.43. The van der Waals surface area contributed by atoms with Gasteiger partial charge in [-0.25, -0.2) is 0 Å². The maximum Gasteiger partial charge on any atom is 0.257 e. The van der Waals surface area contributed by atoms with Crippen molar-refractivity contribution < 1.29 is 14.4 Å². The maximum absolute atomic E-state index is 13.2. The maximum atomic E-state index is 13.2. The lowest BCUT2D eigenvalue weighted by atomic mass is 9.98. The first-order chi connectivity index (χ1) is 14.4. The van der Waals surface area contributed by atoms with Crippen molar-refractivity contribution in [2.75, 3.05) is 31.1 Å². The van der Waals surface area contributed by atoms with Crippen molar-refractivity contribution in [2.24, 2.45) is 0 Å². The van der Waals surface area contributed by atoms with Crippen LogP contribution in [0.3, 0.4) is 0 Å². The van der Waals surface area contributed by atoms with E-state index in [1.807, 2.05) is 25.1 Å². The molecule has 0 saturated carbocycles. The predicted octanol–water partition coefficient (Wildman–Crippen LogP) is 2.37. The van der Waals surface area contributed by atoms with Crippen LogP contribution in [0.2, 0.25) is 0 Å². The first kappa shape index (κ1) is 20.8. The van der Waals surface area contributed by atoms with Crippen LogP contribution in [-0.2, 0) is 9.59 Å². The monoisotopic (exact) mass is 412 g/mol. The number of rotatable bonds is 6. The number of benzene rings is 1. The fraction of sp³-hybridized carbons (Fsp3) is 0.609. The molecule has 1 N–H and O–H groups in total. The molecule has 1 aromatic rings. The van der Waals surface area contributed by atoms with Crippen LogP contribution >= 0.6 is 0 Å². The summed E-state index contributed by atoms with van der Waals surface area (Å²) in [5.74, 6) is -0.0828. The first-order valence-corrected chi connectivity index (χ1v) is 11.2. The zero-order valence-electron chi connectivity index (χ0n) is 18.0. The van der Waals surface area contributed by atoms with E-state index in [0.717, 1.165) is 38.9 Å². The van der Waals surface area contributed by atoms with E-state index in [1.54, 1.807) is 15.9 Å². The Kier molecular flexibility index (Phi) is 5.82. The molecule has 0 aliphatic carbocycles. The van der Waals surface area contributed by atoms with Gasteiger partial charge in [-0.2, -0.15) is 0 Å². The first-order valence-electron chi connectivity index (χ1n) is 11.2. The number of nitrogens with one attached hydrogen (secondary N) is 1. The van der Waals surface area contributed by atoms with Crippen LogP contribution in [-0.4, -0.2) is 65.4 Å². The van der Waals surface area contributed by atoms with Crippen LogP contribution in [0.4, 0.5) is 5.69 Å². The fourth-order valence-electron chi connectivity index (χ4n) is 5.17. The Labute approximate surface area is 178 Å². The Hall–Kier alpha value is -2.41. The minimum absolute atomic E-state index is 0.0185. The normalized spacial score (nSPS) is 24.7. The lowest BCUT2D eigenvalue weighted by molar-refractivity contribution is -0.122. The number of fused-ring (bicyclic) bond motifs is 3. The fourth-order valence-corrected chi connectivity index (χ4v) is 5.17. The quantitative estimate of drug-likeness (QED) is 0.779. The van der Waals surface area contributed by atoms with E-state index in [1.165, 1.54) is 0 Å². The molecule has 1 unspecified atom stereocenters. The molecule has 4 rings (SSSR count). The number of amides is 3. The molecule has 30 heavy (non-hydrogen) atoms. The van der Waals surface area contributed by atoms with E-state index in [0.29, 0.717) is 30.6 Å². The highest BCUT2D eigenvalue weighted by Gasteiger charge is 2.52. The molecule has 162 valence electrons. The molecule has 0 aromatic heterocycles. The topological polar surface area (TPSA) is 73.0 Å². The molecule has 0 radical (unpaired) electrons. The Morgan fingerprint density at radius 3 is 2.63 bits per heavy atom. The van der Waals surface area contributed by atoms with Crippen molar-refractivity contribution in [3.63, 3.8) is 0 Å². The van der Waals surface area contributed by atoms with Crippen LogP contribution in [0, 0.1) is 0 Å². The summed E-state index contributed by atoms with van der Waals surface area (Å²) in [5.41, 5.74) is 0.523. The summed E-state index contributed by atoms with van der Waals surface area (Å²) in [7, 11) is 0. The van der Waals surface area contributed by atoms with Gasteiger partial charge in [-0.3, -0.25) is 19.3 Å². The van der Waals surface area contributed by atoms with Crippen molar-refractivity contribution >= 4 is 23.4 Å². The lowest BCUT2D eigenvalue weighted by Gasteiger charge is -2.48. The van der Waals surface area contributed by atoms with Gasteiger partial charge in [0.15, 0.2) is 0 Å². The van der Waals surface area contributed by atoms with E-state index < -0.39 is 5.66 Å². The number of anilines is 1. The van der Waals surface area contributed by atoms with Crippen molar-refractivity contribution in [3.05, 3.63) is 29.8 Å². The summed E-state index contributed by atoms with van der Waals surface area (Å²) in [4.78, 5) is 44.4. The molecule has 3 aliphatic heterocycles. The van der Waals surface area contributed by atoms with E-state index >= 15 is 0 Å². The average Bonchev–Trinajstić information content (AvgIpc) is 3.05. The van der Waals surface area contributed by atoms with Gasteiger partial charge < -0.3 is 15.1 Å². The molecule has 0 spiro atoms. The van der Waals surface area contributed by atoms with Gasteiger partial charge in [0.2, 0.25) is 11.8 Å². The average molecular weight is 413 g/mol. The molecule has 0 bridgehead atoms. The second-order valence-corrected chi connectivity index (χ2v) is 8.85. The number of likely N-dealkylation sites (tertiary alicyclic amines) is 1. The van der Waals surface area contributed by atoms with Gasteiger partial charge >= 0.3 is 0 Å². The summed E-state index contributed by atoms with van der Waals surface area (Å²) < 4.78 is 0. The SMILES string of the molecule is CCCN1CCC(NC(=O)CCN2C(=O)c3ccccc3N3C(=O)CCC23C)CC1. The summed E-state index contributed by atoms with van der Waals surface area (Å²) in [6.07, 6.45) is 4.35. The minimum Gasteiger partial charge on any atom is -0.353 e. The Balaban J connectivity index is 1.40. The molecule has 3 aliphatic rings. The molecule has 3 heterocycles. The van der Waals surface area contributed by atoms with Crippen LogP contribution in [0.25, 0.3) is 0 Å². The van der Waals surface area contributed by atoms with Crippen molar-refractivity contribution in [3.8, 4) is 0 Å². The summed E-state index contributed by atoms with van der Waals surface area (Å²) in [6.45, 7) is 7.60. The molecule has 2 saturated heterocycles. The second kappa shape index (κ2) is 8.38. The number of carbonyl (C=O) groups is 3. The molecular weight excluding hydrogens is 380 g/mol. The molecule has 7 nitrogen and oxygen atoms in total. The zero-order chi connectivity index (χ0) is 21.3. The van der Waals surface area contributed by atoms with E-state index in [-0.39, 0.29) is 30.2 Å². The largest absolute Gasteiger partial charge is 0.353 e. The number of hydrogen-bond acceptors (Lipinski definition) is 4. The second-order valence-electron chi connectivity index (χ2n) is 8.85. The Bertz CT molecular complexity index is 833. The van der Waals surface area contributed by atoms with Gasteiger partial charge in [0.25, 0.3) is 5.91 Å². The van der Waals surface area contributed by atoms with Crippen LogP contribution in [0.1, 0.15) is 62.7 Å². The van der Waals surface area contributed by atoms with E-state index in [4.69, 9.17) is 0 Å². The van der Waals surface area contributed by atoms with Gasteiger partial charge in [-0.1, -0.05) is 19.1 Å². The standard InChI is InChI=1S/C23H32N4O3/c1-3-13-25-14-9-17(10-15-25)24-20(28)11-16-26-22(30)18-6-4-5-7-19(18)27-21(29)8-12-23(26,27)2/h4-7,17H,3,8-16H2,1-2H3,(H,24,28). The summed E-state index contributed by atoms with van der Waals surface area (Å²) >= 11 is 0. The molecule has 3 amide bonds. The zero-order valence-corrected chi connectivity index (χ0v) is 18.0. The number of nitrogens with zero attached hydrogens (tertiary/aromatic N) is 3. The minimum atomic E-state index is -0.700. The number of para-hydroxylation sites is 1. The van der Waals surface area contributed by atoms with E-state index in [9.17, 15) is 14.4 Å². The third-order valence-corrected chi connectivity index (χ3v) is 6.80. The Morgan fingerprint density at radius 2 is 1.90 bits per heavy atom. The van der Waals surface area contributed by atoms with Gasteiger partial charge in [0, 0.05) is 38.5 Å². The highest BCUT2D eigenvalue weighted by atomic mass is 16.2. The number of hydrogen-bond donors (Lipinski definition) is 1. The molecule has 2 fully saturated rings. The van der Waals surface area contributed by atoms with Crippen molar-refractivity contribution in [1.29, 1.82) is 0 Å². The number of carbonyl (C=O) groups excluding carboxylic acids is 3. The molecular formula is C23H32N4O3. The lowest BCUT2D eigenvalue weighted by Crippen LogP contribution is -2.62. The van der Waals surface area contributed by atoms with Crippen LogP contribution in [0.5, 0.6) is 0 Å². The van der Waals surface area contributed by atoms with Crippen LogP contribution < -0.4 is 10.2 Å². The number of piperidine rings is 1. The van der Waals surface area contributed by atoms with Crippen LogP contribution in [0.15, 0.2) is 24.3 Å². The van der Waals surface area contributed by atoms with Gasteiger partial charge in [-0.05, 0) is 51.3 Å².